The van der Waals surface area contributed by atoms with E-state index in [0.29, 0.717) is 39.2 Å². The van der Waals surface area contributed by atoms with Gasteiger partial charge in [-0.3, -0.25) is 14.8 Å². The van der Waals surface area contributed by atoms with Gasteiger partial charge in [-0.05, 0) is 127 Å². The minimum Gasteiger partial charge on any atom is -0.479 e. The fourth-order valence-electron chi connectivity index (χ4n) is 8.45. The van der Waals surface area contributed by atoms with Crippen molar-refractivity contribution >= 4 is 35.2 Å². The van der Waals surface area contributed by atoms with Crippen molar-refractivity contribution in [2.45, 2.75) is 132 Å². The molecule has 66 heavy (non-hydrogen) atoms. The standard InChI is InChI=1S/C26H35N3O4.C26H34N2O5/c1-16-20(22(24(31)32)33-25(2,3)4)21(29-12-10-26(5,6)11-13-29)19(15-28-16)17-8-7-9-18(14-17)23(27)30;1-16-20(22(24(31)32)33-25(2,3)4)21(28-12-10-26(5,6)11-13-28)19(15-27-16)17-8-7-9-18(14-17)23(29)30/h7-9,14-15,22H,10-13H2,1-6H3,(H2,27,30)(H,31,32);7-9,14-15,22H,10-13H2,1-6H3,(H,29,30)(H,31,32)/t2*22-/m00/s1. The molecule has 2 saturated heterocycles. The lowest BCUT2D eigenvalue weighted by atomic mass is 9.82. The lowest BCUT2D eigenvalue weighted by Gasteiger charge is -2.41. The van der Waals surface area contributed by atoms with E-state index in [1.807, 2.05) is 60.6 Å². The molecule has 2 aromatic heterocycles. The minimum absolute atomic E-state index is 0.168. The first kappa shape index (κ1) is 51.1. The zero-order valence-corrected chi connectivity index (χ0v) is 40.7. The number of anilines is 2. The third kappa shape index (κ3) is 12.7. The number of piperidine rings is 2. The molecule has 0 spiro atoms. The summed E-state index contributed by atoms with van der Waals surface area (Å²) < 4.78 is 12.1. The smallest absolute Gasteiger partial charge is 0.337 e. The number of pyridine rings is 2. The highest BCUT2D eigenvalue weighted by molar-refractivity contribution is 5.95. The lowest BCUT2D eigenvalue weighted by molar-refractivity contribution is -0.161. The van der Waals surface area contributed by atoms with Crippen molar-refractivity contribution in [3.63, 3.8) is 0 Å². The molecule has 4 heterocycles. The van der Waals surface area contributed by atoms with Gasteiger partial charge in [-0.15, -0.1) is 0 Å². The molecule has 0 radical (unpaired) electrons. The number of aromatic carboxylic acids is 1. The molecule has 0 unspecified atom stereocenters. The molecule has 14 nitrogen and oxygen atoms in total. The van der Waals surface area contributed by atoms with Crippen molar-refractivity contribution in [3.8, 4) is 22.3 Å². The second-order valence-corrected chi connectivity index (χ2v) is 21.1. The SMILES string of the molecule is Cc1ncc(-c2cccc(C(=O)O)c2)c(N2CCC(C)(C)CC2)c1[C@H](OC(C)(C)C)C(=O)O.Cc1ncc(-c2cccc(C(N)=O)c2)c(N2CCC(C)(C)CC2)c1[C@H](OC(C)(C)C)C(=O)O. The largest absolute Gasteiger partial charge is 0.479 e. The Morgan fingerprint density at radius 2 is 0.970 bits per heavy atom. The van der Waals surface area contributed by atoms with E-state index in [9.17, 15) is 34.5 Å². The number of benzene rings is 2. The molecule has 0 aliphatic carbocycles. The summed E-state index contributed by atoms with van der Waals surface area (Å²) in [5.41, 5.74) is 11.9. The normalized spacial score (nSPS) is 17.0. The summed E-state index contributed by atoms with van der Waals surface area (Å²) in [5.74, 6) is -3.67. The van der Waals surface area contributed by atoms with Crippen LogP contribution >= 0.6 is 0 Å². The average molecular weight is 908 g/mol. The molecule has 2 atom stereocenters. The Bertz CT molecular complexity index is 2260. The summed E-state index contributed by atoms with van der Waals surface area (Å²) in [4.78, 5) is 61.8. The second kappa shape index (κ2) is 19.9. The van der Waals surface area contributed by atoms with E-state index in [1.54, 1.807) is 55.7 Å². The summed E-state index contributed by atoms with van der Waals surface area (Å²) >= 11 is 0. The van der Waals surface area contributed by atoms with Crippen LogP contribution in [0.2, 0.25) is 0 Å². The molecule has 14 heteroatoms. The summed E-state index contributed by atoms with van der Waals surface area (Å²) in [5, 5.41) is 29.8. The first-order valence-corrected chi connectivity index (χ1v) is 22.6. The number of carboxylic acids is 3. The van der Waals surface area contributed by atoms with Crippen molar-refractivity contribution < 1.29 is 44.0 Å². The molecule has 0 bridgehead atoms. The second-order valence-electron chi connectivity index (χ2n) is 21.1. The molecule has 2 fully saturated rings. The number of aryl methyl sites for hydroxylation is 2. The Morgan fingerprint density at radius 1 is 0.621 bits per heavy atom. The van der Waals surface area contributed by atoms with Gasteiger partial charge in [0.05, 0.1) is 28.1 Å². The van der Waals surface area contributed by atoms with E-state index in [-0.39, 0.29) is 16.4 Å². The maximum Gasteiger partial charge on any atom is 0.337 e. The summed E-state index contributed by atoms with van der Waals surface area (Å²) in [6, 6.07) is 13.7. The molecule has 1 amide bonds. The number of hydrogen-bond donors (Lipinski definition) is 4. The lowest BCUT2D eigenvalue weighted by Crippen LogP contribution is -2.39. The number of hydrogen-bond acceptors (Lipinski definition) is 10. The van der Waals surface area contributed by atoms with Crippen molar-refractivity contribution in [3.05, 3.63) is 94.6 Å². The number of aromatic nitrogens is 2. The predicted molar refractivity (Wildman–Crippen MR) is 257 cm³/mol. The van der Waals surface area contributed by atoms with Gasteiger partial charge in [-0.2, -0.15) is 0 Å². The third-order valence-corrected chi connectivity index (χ3v) is 12.2. The molecule has 5 N–H and O–H groups in total. The molecule has 0 saturated carbocycles. The van der Waals surface area contributed by atoms with Gasteiger partial charge >= 0.3 is 17.9 Å². The first-order valence-electron chi connectivity index (χ1n) is 22.6. The maximum atomic E-state index is 12.4. The van der Waals surface area contributed by atoms with E-state index in [2.05, 4.69) is 47.5 Å². The maximum absolute atomic E-state index is 12.4. The zero-order chi connectivity index (χ0) is 49.1. The van der Waals surface area contributed by atoms with Gasteiger partial charge < -0.3 is 40.3 Å². The number of aliphatic carboxylic acids is 2. The number of nitrogens with zero attached hydrogens (tertiary/aromatic N) is 4. The van der Waals surface area contributed by atoms with Gasteiger partial charge in [-0.1, -0.05) is 52.0 Å². The number of carboxylic acid groups (broad SMARTS) is 3. The fourth-order valence-corrected chi connectivity index (χ4v) is 8.45. The van der Waals surface area contributed by atoms with Gasteiger partial charge in [0.25, 0.3) is 0 Å². The molecule has 2 aliphatic rings. The Hall–Kier alpha value is -5.86. The first-order chi connectivity index (χ1) is 30.6. The molecular weight excluding hydrogens is 839 g/mol. The highest BCUT2D eigenvalue weighted by Gasteiger charge is 2.38. The van der Waals surface area contributed by atoms with Crippen molar-refractivity contribution in [2.24, 2.45) is 16.6 Å². The number of nitrogens with two attached hydrogens (primary N) is 1. The van der Waals surface area contributed by atoms with Crippen LogP contribution in [0.25, 0.3) is 22.3 Å². The molecule has 6 rings (SSSR count). The van der Waals surface area contributed by atoms with Crippen LogP contribution in [-0.2, 0) is 19.1 Å². The number of rotatable bonds is 12. The molecule has 4 aromatic rings. The predicted octanol–water partition coefficient (Wildman–Crippen LogP) is 10.0. The number of amides is 1. The van der Waals surface area contributed by atoms with Crippen molar-refractivity contribution in [1.82, 2.24) is 9.97 Å². The van der Waals surface area contributed by atoms with E-state index in [1.165, 1.54) is 0 Å². The highest BCUT2D eigenvalue weighted by atomic mass is 16.5. The number of ether oxygens (including phenoxy) is 2. The molecule has 2 aliphatic heterocycles. The van der Waals surface area contributed by atoms with Crippen LogP contribution < -0.4 is 15.5 Å². The molecular formula is C52H69N5O9. The molecule has 2 aromatic carbocycles. The Balaban J connectivity index is 0.000000247. The van der Waals surface area contributed by atoms with Crippen LogP contribution in [-0.4, -0.2) is 86.5 Å². The van der Waals surface area contributed by atoms with Crippen LogP contribution in [0.15, 0.2) is 60.9 Å². The van der Waals surface area contributed by atoms with E-state index in [0.717, 1.165) is 74.4 Å². The van der Waals surface area contributed by atoms with Gasteiger partial charge in [-0.25, -0.2) is 14.4 Å². The van der Waals surface area contributed by atoms with Crippen LogP contribution in [0, 0.1) is 24.7 Å². The topological polar surface area (TPSA) is 206 Å². The number of primary amides is 1. The third-order valence-electron chi connectivity index (χ3n) is 12.2. The van der Waals surface area contributed by atoms with Crippen molar-refractivity contribution in [2.75, 3.05) is 36.0 Å². The number of carbonyl (C=O) groups is 4. The van der Waals surface area contributed by atoms with E-state index >= 15 is 0 Å². The van der Waals surface area contributed by atoms with Gasteiger partial charge in [0, 0.05) is 77.8 Å². The fraction of sp³-hybridized carbons (Fsp3) is 0.500. The zero-order valence-electron chi connectivity index (χ0n) is 40.7. The Morgan fingerprint density at radius 3 is 1.29 bits per heavy atom. The van der Waals surface area contributed by atoms with Gasteiger partial charge in [0.2, 0.25) is 5.91 Å². The summed E-state index contributed by atoms with van der Waals surface area (Å²) in [6.07, 6.45) is 4.96. The highest BCUT2D eigenvalue weighted by Crippen LogP contribution is 2.45. The van der Waals surface area contributed by atoms with Crippen molar-refractivity contribution in [1.29, 1.82) is 0 Å². The average Bonchev–Trinajstić information content (AvgIpc) is 3.21. The van der Waals surface area contributed by atoms with Gasteiger partial charge in [0.15, 0.2) is 12.2 Å². The monoisotopic (exact) mass is 908 g/mol. The Labute approximate surface area is 389 Å². The van der Waals surface area contributed by atoms with E-state index < -0.39 is 47.2 Å². The number of carbonyl (C=O) groups excluding carboxylic acids is 1. The Kier molecular flexibility index (Phi) is 15.4. The van der Waals surface area contributed by atoms with Gasteiger partial charge in [0.1, 0.15) is 0 Å². The van der Waals surface area contributed by atoms with Crippen LogP contribution in [0.4, 0.5) is 11.4 Å². The van der Waals surface area contributed by atoms with Crippen LogP contribution in [0.5, 0.6) is 0 Å². The summed E-state index contributed by atoms with van der Waals surface area (Å²) in [6.45, 7) is 26.7. The quantitative estimate of drug-likeness (QED) is 0.105. The summed E-state index contributed by atoms with van der Waals surface area (Å²) in [7, 11) is 0. The van der Waals surface area contributed by atoms with E-state index in [4.69, 9.17) is 15.2 Å². The van der Waals surface area contributed by atoms with Crippen LogP contribution in [0.1, 0.15) is 150 Å². The molecule has 356 valence electrons. The van der Waals surface area contributed by atoms with Crippen LogP contribution in [0.3, 0.4) is 0 Å². The minimum atomic E-state index is -1.20.